The third-order valence-electron chi connectivity index (χ3n) is 2.27. The molecule has 0 atom stereocenters. The molecule has 4 aromatic rings. The Morgan fingerprint density at radius 3 is 0.440 bits per heavy atom. The average Bonchev–Trinajstić information content (AvgIpc) is 2.75. The molecule has 131 valence electrons. The van der Waals surface area contributed by atoms with Crippen LogP contribution in [0.25, 0.3) is 0 Å². The Bertz CT molecular complexity index is 436. The molecule has 0 saturated carbocycles. The molecule has 0 unspecified atom stereocenters. The summed E-state index contributed by atoms with van der Waals surface area (Å²) >= 11 is 0. The molecule has 0 aromatic carbocycles. The molecule has 0 aliphatic carbocycles. The summed E-state index contributed by atoms with van der Waals surface area (Å²) in [5.41, 5.74) is 0. The first-order chi connectivity index (χ1) is 12.0. The Morgan fingerprint density at radius 2 is 0.400 bits per heavy atom. The van der Waals surface area contributed by atoms with Crippen molar-refractivity contribution in [3.8, 4) is 0 Å². The smallest absolute Gasteiger partial charge is 0.0267 e. The molecule has 0 fully saturated rings. The van der Waals surface area contributed by atoms with Crippen LogP contribution in [0, 0.1) is 0 Å². The summed E-state index contributed by atoms with van der Waals surface area (Å²) in [5.74, 6) is 0. The van der Waals surface area contributed by atoms with E-state index >= 15 is 0 Å². The molecule has 4 heterocycles. The molecule has 0 aliphatic rings. The fourth-order valence-corrected chi connectivity index (χ4v) is 1.25. The molecular formula is C20H20AgN4. The number of pyridine rings is 4. The summed E-state index contributed by atoms with van der Waals surface area (Å²) in [6.45, 7) is 0. The van der Waals surface area contributed by atoms with Crippen molar-refractivity contribution >= 4 is 0 Å². The molecule has 4 nitrogen and oxygen atoms in total. The summed E-state index contributed by atoms with van der Waals surface area (Å²) in [6.07, 6.45) is 14.0. The SMILES string of the molecule is [Ag].c1ccncc1.c1ccncc1.c1ccncc1.c1ccncc1. The number of aromatic nitrogens is 4. The van der Waals surface area contributed by atoms with Crippen LogP contribution in [0.2, 0.25) is 0 Å². The predicted octanol–water partition coefficient (Wildman–Crippen LogP) is 4.32. The number of rotatable bonds is 0. The molecule has 4 rings (SSSR count). The van der Waals surface area contributed by atoms with Crippen molar-refractivity contribution in [1.29, 1.82) is 0 Å². The van der Waals surface area contributed by atoms with Gasteiger partial charge in [0.15, 0.2) is 0 Å². The minimum absolute atomic E-state index is 0. The van der Waals surface area contributed by atoms with Gasteiger partial charge in [-0.25, -0.2) is 0 Å². The van der Waals surface area contributed by atoms with Crippen molar-refractivity contribution in [1.82, 2.24) is 19.9 Å². The summed E-state index contributed by atoms with van der Waals surface area (Å²) in [5, 5.41) is 0. The van der Waals surface area contributed by atoms with E-state index in [1.807, 2.05) is 72.8 Å². The van der Waals surface area contributed by atoms with E-state index in [1.165, 1.54) is 0 Å². The van der Waals surface area contributed by atoms with Gasteiger partial charge >= 0.3 is 0 Å². The van der Waals surface area contributed by atoms with Gasteiger partial charge in [-0.05, 0) is 48.5 Å². The topological polar surface area (TPSA) is 51.6 Å². The minimum atomic E-state index is 0. The summed E-state index contributed by atoms with van der Waals surface area (Å²) in [7, 11) is 0. The third kappa shape index (κ3) is 17.5. The maximum absolute atomic E-state index is 3.78. The Kier molecular flexibility index (Phi) is 17.3. The van der Waals surface area contributed by atoms with Gasteiger partial charge in [-0.2, -0.15) is 0 Å². The van der Waals surface area contributed by atoms with Crippen LogP contribution in [0.15, 0.2) is 122 Å². The molecule has 5 heteroatoms. The van der Waals surface area contributed by atoms with Crippen LogP contribution in [0.4, 0.5) is 0 Å². The van der Waals surface area contributed by atoms with Crippen LogP contribution >= 0.6 is 0 Å². The Hall–Kier alpha value is -2.66. The van der Waals surface area contributed by atoms with Crippen LogP contribution in [0.1, 0.15) is 0 Å². The van der Waals surface area contributed by atoms with Crippen LogP contribution in [-0.2, 0) is 22.4 Å². The molecule has 0 spiro atoms. The van der Waals surface area contributed by atoms with Crippen LogP contribution in [0.5, 0.6) is 0 Å². The van der Waals surface area contributed by atoms with E-state index in [-0.39, 0.29) is 22.4 Å². The van der Waals surface area contributed by atoms with E-state index in [1.54, 1.807) is 49.6 Å². The largest absolute Gasteiger partial charge is 0.265 e. The Balaban J connectivity index is 0.000000303. The van der Waals surface area contributed by atoms with Gasteiger partial charge in [-0.3, -0.25) is 19.9 Å². The number of hydrogen-bond acceptors (Lipinski definition) is 4. The zero-order valence-corrected chi connectivity index (χ0v) is 15.1. The molecule has 1 radical (unpaired) electrons. The number of nitrogens with zero attached hydrogens (tertiary/aromatic N) is 4. The van der Waals surface area contributed by atoms with Gasteiger partial charge in [-0.1, -0.05) is 24.3 Å². The second-order valence-electron chi connectivity index (χ2n) is 4.10. The van der Waals surface area contributed by atoms with E-state index in [0.717, 1.165) is 0 Å². The van der Waals surface area contributed by atoms with Gasteiger partial charge in [-0.15, -0.1) is 0 Å². The van der Waals surface area contributed by atoms with Crippen molar-refractivity contribution in [2.45, 2.75) is 0 Å². The average molecular weight is 424 g/mol. The zero-order valence-electron chi connectivity index (χ0n) is 13.6. The molecule has 0 amide bonds. The standard InChI is InChI=1S/4C5H5N.Ag/c4*1-2-4-6-5-3-1;/h4*1-5H;. The first-order valence-electron chi connectivity index (χ1n) is 7.40. The molecular weight excluding hydrogens is 404 g/mol. The van der Waals surface area contributed by atoms with Crippen molar-refractivity contribution in [3.05, 3.63) is 122 Å². The fourth-order valence-electron chi connectivity index (χ4n) is 1.25. The van der Waals surface area contributed by atoms with Crippen molar-refractivity contribution in [2.75, 3.05) is 0 Å². The minimum Gasteiger partial charge on any atom is -0.265 e. The molecule has 25 heavy (non-hydrogen) atoms. The summed E-state index contributed by atoms with van der Waals surface area (Å²) < 4.78 is 0. The van der Waals surface area contributed by atoms with E-state index in [9.17, 15) is 0 Å². The normalized spacial score (nSPS) is 7.68. The van der Waals surface area contributed by atoms with E-state index in [0.29, 0.717) is 0 Å². The molecule has 4 aromatic heterocycles. The van der Waals surface area contributed by atoms with Gasteiger partial charge in [0.1, 0.15) is 0 Å². The first kappa shape index (κ1) is 22.3. The summed E-state index contributed by atoms with van der Waals surface area (Å²) in [6, 6.07) is 22.9. The first-order valence-corrected chi connectivity index (χ1v) is 7.40. The maximum atomic E-state index is 3.78. The Morgan fingerprint density at radius 1 is 0.240 bits per heavy atom. The van der Waals surface area contributed by atoms with Crippen LogP contribution < -0.4 is 0 Å². The predicted molar refractivity (Wildman–Crippen MR) is 96.9 cm³/mol. The molecule has 0 bridgehead atoms. The van der Waals surface area contributed by atoms with Gasteiger partial charge in [0, 0.05) is 72.0 Å². The van der Waals surface area contributed by atoms with Gasteiger partial charge in [0.25, 0.3) is 0 Å². The van der Waals surface area contributed by atoms with E-state index < -0.39 is 0 Å². The molecule has 0 saturated heterocycles. The second-order valence-corrected chi connectivity index (χ2v) is 4.10. The van der Waals surface area contributed by atoms with Crippen molar-refractivity contribution < 1.29 is 22.4 Å². The van der Waals surface area contributed by atoms with Gasteiger partial charge < -0.3 is 0 Å². The van der Waals surface area contributed by atoms with Crippen LogP contribution in [-0.4, -0.2) is 19.9 Å². The van der Waals surface area contributed by atoms with Crippen molar-refractivity contribution in [3.63, 3.8) is 0 Å². The van der Waals surface area contributed by atoms with Gasteiger partial charge in [0.05, 0.1) is 0 Å². The van der Waals surface area contributed by atoms with E-state index in [4.69, 9.17) is 0 Å². The molecule has 0 aliphatic heterocycles. The fraction of sp³-hybridized carbons (Fsp3) is 0. The van der Waals surface area contributed by atoms with Crippen LogP contribution in [0.3, 0.4) is 0 Å². The molecule has 0 N–H and O–H groups in total. The second kappa shape index (κ2) is 19.4. The maximum Gasteiger partial charge on any atom is 0.0267 e. The zero-order chi connectivity index (χ0) is 17.0. The quantitative estimate of drug-likeness (QED) is 0.395. The summed E-state index contributed by atoms with van der Waals surface area (Å²) in [4.78, 5) is 15.1. The Labute approximate surface area is 164 Å². The third-order valence-corrected chi connectivity index (χ3v) is 2.27. The van der Waals surface area contributed by atoms with Crippen molar-refractivity contribution in [2.24, 2.45) is 0 Å². The van der Waals surface area contributed by atoms with E-state index in [2.05, 4.69) is 19.9 Å². The van der Waals surface area contributed by atoms with Gasteiger partial charge in [0.2, 0.25) is 0 Å². The monoisotopic (exact) mass is 423 g/mol. The number of hydrogen-bond donors (Lipinski definition) is 0.